The Kier molecular flexibility index (Phi) is 3.82. The Morgan fingerprint density at radius 1 is 1.18 bits per heavy atom. The van der Waals surface area contributed by atoms with Crippen LogP contribution in [0.4, 0.5) is 14.5 Å². The fraction of sp³-hybridized carbons (Fsp3) is 0.467. The Morgan fingerprint density at radius 3 is 2.59 bits per heavy atom. The van der Waals surface area contributed by atoms with Gasteiger partial charge in [-0.2, -0.15) is 0 Å². The molecule has 0 radical (unpaired) electrons. The number of hydrogen-bond acceptors (Lipinski definition) is 3. The number of nitrogens with two attached hydrogens (primary N) is 1. The lowest BCUT2D eigenvalue weighted by Crippen LogP contribution is -2.40. The maximum absolute atomic E-state index is 13.3. The zero-order valence-electron chi connectivity index (χ0n) is 12.0. The number of carbonyl (C=O) groups is 2. The molecule has 2 aliphatic heterocycles. The normalized spacial score (nSPS) is 25.1. The minimum atomic E-state index is -1.01. The SMILES string of the molecule is N[C@@H]1CCN(C(=O)[C@H]2CCN(c3ccc(F)c(F)c3)C2=O)C1. The highest BCUT2D eigenvalue weighted by Gasteiger charge is 2.41. The maximum atomic E-state index is 13.3. The second-order valence-corrected chi connectivity index (χ2v) is 5.76. The van der Waals surface area contributed by atoms with Gasteiger partial charge in [0.05, 0.1) is 0 Å². The van der Waals surface area contributed by atoms with E-state index in [2.05, 4.69) is 0 Å². The molecule has 2 heterocycles. The Balaban J connectivity index is 1.74. The van der Waals surface area contributed by atoms with Crippen LogP contribution in [0.5, 0.6) is 0 Å². The number of anilines is 1. The number of halogens is 2. The third-order valence-corrected chi connectivity index (χ3v) is 4.25. The molecule has 2 atom stereocenters. The van der Waals surface area contributed by atoms with Gasteiger partial charge < -0.3 is 15.5 Å². The van der Waals surface area contributed by atoms with Crippen LogP contribution in [0.25, 0.3) is 0 Å². The number of rotatable bonds is 2. The smallest absolute Gasteiger partial charge is 0.239 e. The van der Waals surface area contributed by atoms with Crippen molar-refractivity contribution in [3.05, 3.63) is 29.8 Å². The van der Waals surface area contributed by atoms with Crippen LogP contribution in [-0.4, -0.2) is 42.4 Å². The summed E-state index contributed by atoms with van der Waals surface area (Å²) >= 11 is 0. The summed E-state index contributed by atoms with van der Waals surface area (Å²) in [5.74, 6) is -3.31. The molecule has 2 aliphatic rings. The lowest BCUT2D eigenvalue weighted by molar-refractivity contribution is -0.139. The average molecular weight is 309 g/mol. The summed E-state index contributed by atoms with van der Waals surface area (Å²) in [7, 11) is 0. The molecule has 0 spiro atoms. The monoisotopic (exact) mass is 309 g/mol. The van der Waals surface area contributed by atoms with Crippen LogP contribution in [-0.2, 0) is 9.59 Å². The van der Waals surface area contributed by atoms with Crippen molar-refractivity contribution in [1.82, 2.24) is 4.90 Å². The van der Waals surface area contributed by atoms with Crippen LogP contribution < -0.4 is 10.6 Å². The van der Waals surface area contributed by atoms with Crippen molar-refractivity contribution in [3.8, 4) is 0 Å². The zero-order valence-corrected chi connectivity index (χ0v) is 12.0. The second kappa shape index (κ2) is 5.64. The lowest BCUT2D eigenvalue weighted by atomic mass is 10.1. The van der Waals surface area contributed by atoms with Gasteiger partial charge in [-0.1, -0.05) is 0 Å². The first-order chi connectivity index (χ1) is 10.5. The lowest BCUT2D eigenvalue weighted by Gasteiger charge is -2.20. The summed E-state index contributed by atoms with van der Waals surface area (Å²) in [6.45, 7) is 1.35. The third kappa shape index (κ3) is 2.56. The predicted molar refractivity (Wildman–Crippen MR) is 76.0 cm³/mol. The van der Waals surface area contributed by atoms with Crippen molar-refractivity contribution >= 4 is 17.5 Å². The van der Waals surface area contributed by atoms with E-state index in [0.717, 1.165) is 18.6 Å². The summed E-state index contributed by atoms with van der Waals surface area (Å²) < 4.78 is 26.3. The van der Waals surface area contributed by atoms with Crippen molar-refractivity contribution in [2.24, 2.45) is 11.7 Å². The van der Waals surface area contributed by atoms with Gasteiger partial charge in [0.2, 0.25) is 11.8 Å². The van der Waals surface area contributed by atoms with Gasteiger partial charge in [-0.3, -0.25) is 9.59 Å². The predicted octanol–water partition coefficient (Wildman–Crippen LogP) is 0.877. The van der Waals surface area contributed by atoms with E-state index in [9.17, 15) is 18.4 Å². The molecule has 0 aliphatic carbocycles. The van der Waals surface area contributed by atoms with Gasteiger partial charge in [0, 0.05) is 37.4 Å². The summed E-state index contributed by atoms with van der Waals surface area (Å²) in [5.41, 5.74) is 6.05. The number of nitrogens with zero attached hydrogens (tertiary/aromatic N) is 2. The van der Waals surface area contributed by atoms with Crippen molar-refractivity contribution in [2.45, 2.75) is 18.9 Å². The first-order valence-corrected chi connectivity index (χ1v) is 7.28. The number of hydrogen-bond donors (Lipinski definition) is 1. The van der Waals surface area contributed by atoms with E-state index in [1.165, 1.54) is 11.0 Å². The fourth-order valence-electron chi connectivity index (χ4n) is 3.03. The topological polar surface area (TPSA) is 66.6 Å². The molecule has 0 unspecified atom stereocenters. The summed E-state index contributed by atoms with van der Waals surface area (Å²) in [6, 6.07) is 3.26. The molecule has 7 heteroatoms. The Labute approximate surface area is 126 Å². The Hall–Kier alpha value is -2.02. The van der Waals surface area contributed by atoms with Crippen LogP contribution in [0.2, 0.25) is 0 Å². The largest absolute Gasteiger partial charge is 0.340 e. The number of carbonyl (C=O) groups excluding carboxylic acids is 2. The fourth-order valence-corrected chi connectivity index (χ4v) is 3.03. The first kappa shape index (κ1) is 14.9. The van der Waals surface area contributed by atoms with E-state index in [1.54, 1.807) is 4.90 Å². The van der Waals surface area contributed by atoms with Crippen molar-refractivity contribution < 1.29 is 18.4 Å². The van der Waals surface area contributed by atoms with Gasteiger partial charge in [0.15, 0.2) is 11.6 Å². The quantitative estimate of drug-likeness (QED) is 0.825. The molecular formula is C15H17F2N3O2. The molecule has 2 N–H and O–H groups in total. The molecule has 5 nitrogen and oxygen atoms in total. The molecule has 3 rings (SSSR count). The van der Waals surface area contributed by atoms with Crippen LogP contribution in [0.15, 0.2) is 18.2 Å². The number of likely N-dealkylation sites (tertiary alicyclic amines) is 1. The van der Waals surface area contributed by atoms with Gasteiger partial charge in [-0.15, -0.1) is 0 Å². The molecule has 0 bridgehead atoms. The number of amides is 2. The molecular weight excluding hydrogens is 292 g/mol. The van der Waals surface area contributed by atoms with Gasteiger partial charge in [-0.25, -0.2) is 8.78 Å². The molecule has 0 aromatic heterocycles. The van der Waals surface area contributed by atoms with E-state index >= 15 is 0 Å². The van der Waals surface area contributed by atoms with E-state index < -0.39 is 17.6 Å². The van der Waals surface area contributed by atoms with Crippen LogP contribution >= 0.6 is 0 Å². The van der Waals surface area contributed by atoms with Gasteiger partial charge in [-0.05, 0) is 25.0 Å². The molecule has 2 fully saturated rings. The molecule has 118 valence electrons. The highest BCUT2D eigenvalue weighted by Crippen LogP contribution is 2.28. The van der Waals surface area contributed by atoms with Gasteiger partial charge in [0.25, 0.3) is 0 Å². The van der Waals surface area contributed by atoms with E-state index in [-0.39, 0.29) is 23.5 Å². The zero-order chi connectivity index (χ0) is 15.9. The number of benzene rings is 1. The summed E-state index contributed by atoms with van der Waals surface area (Å²) in [5, 5.41) is 0. The molecule has 22 heavy (non-hydrogen) atoms. The van der Waals surface area contributed by atoms with Crippen LogP contribution in [0, 0.1) is 17.6 Å². The second-order valence-electron chi connectivity index (χ2n) is 5.76. The minimum Gasteiger partial charge on any atom is -0.340 e. The van der Waals surface area contributed by atoms with Gasteiger partial charge >= 0.3 is 0 Å². The standard InChI is InChI=1S/C15H17F2N3O2/c16-12-2-1-10(7-13(12)17)20-6-4-11(15(20)22)14(21)19-5-3-9(18)8-19/h1-2,7,9,11H,3-6,8,18H2/t9-,11-/m1/s1. The van der Waals surface area contributed by atoms with Crippen molar-refractivity contribution in [2.75, 3.05) is 24.5 Å². The van der Waals surface area contributed by atoms with Crippen molar-refractivity contribution in [3.63, 3.8) is 0 Å². The summed E-state index contributed by atoms with van der Waals surface area (Å²) in [6.07, 6.45) is 1.11. The van der Waals surface area contributed by atoms with Gasteiger partial charge in [0.1, 0.15) is 5.92 Å². The minimum absolute atomic E-state index is 0.0391. The van der Waals surface area contributed by atoms with E-state index in [1.807, 2.05) is 0 Å². The van der Waals surface area contributed by atoms with E-state index in [0.29, 0.717) is 26.1 Å². The van der Waals surface area contributed by atoms with Crippen molar-refractivity contribution in [1.29, 1.82) is 0 Å². The van der Waals surface area contributed by atoms with Crippen LogP contribution in [0.1, 0.15) is 12.8 Å². The Morgan fingerprint density at radius 2 is 1.95 bits per heavy atom. The molecule has 0 saturated carbocycles. The molecule has 2 saturated heterocycles. The molecule has 1 aromatic rings. The average Bonchev–Trinajstić information content (AvgIpc) is 3.08. The first-order valence-electron chi connectivity index (χ1n) is 7.28. The Bertz CT molecular complexity index is 623. The van der Waals surface area contributed by atoms with Crippen LogP contribution in [0.3, 0.4) is 0 Å². The molecule has 2 amide bonds. The summed E-state index contributed by atoms with van der Waals surface area (Å²) in [4.78, 5) is 27.8. The maximum Gasteiger partial charge on any atom is 0.239 e. The third-order valence-electron chi connectivity index (χ3n) is 4.25. The highest BCUT2D eigenvalue weighted by molar-refractivity contribution is 6.09. The van der Waals surface area contributed by atoms with E-state index in [4.69, 9.17) is 5.73 Å². The highest BCUT2D eigenvalue weighted by atomic mass is 19.2. The molecule has 1 aromatic carbocycles.